The lowest BCUT2D eigenvalue weighted by molar-refractivity contribution is 0.0116. The lowest BCUT2D eigenvalue weighted by Crippen LogP contribution is -2.20. The molecule has 1 aromatic carbocycles. The molecule has 1 atom stereocenters. The normalized spacial score (nSPS) is 12.2. The van der Waals surface area contributed by atoms with Crippen LogP contribution in [0.2, 0.25) is 0 Å². The van der Waals surface area contributed by atoms with Gasteiger partial charge >= 0.3 is 5.97 Å². The molecule has 0 aliphatic heterocycles. The van der Waals surface area contributed by atoms with Crippen molar-refractivity contribution in [2.24, 2.45) is 0 Å². The van der Waals surface area contributed by atoms with Crippen LogP contribution in [0.15, 0.2) is 22.7 Å². The quantitative estimate of drug-likeness (QED) is 0.800. The third-order valence-corrected chi connectivity index (χ3v) is 2.35. The first-order valence-electron chi connectivity index (χ1n) is 4.69. The highest BCUT2D eigenvalue weighted by Gasteiger charge is 2.16. The lowest BCUT2D eigenvalue weighted by Gasteiger charge is -2.12. The molecule has 0 bridgehead atoms. The first-order chi connectivity index (χ1) is 7.54. The zero-order valence-corrected chi connectivity index (χ0v) is 10.6. The zero-order chi connectivity index (χ0) is 12.1. The maximum Gasteiger partial charge on any atom is 0.341 e. The molecule has 3 nitrogen and oxygen atoms in total. The van der Waals surface area contributed by atoms with Crippen LogP contribution in [-0.4, -0.2) is 25.8 Å². The van der Waals surface area contributed by atoms with Crippen LogP contribution < -0.4 is 0 Å². The average Bonchev–Trinajstić information content (AvgIpc) is 2.17. The predicted octanol–water partition coefficient (Wildman–Crippen LogP) is 2.78. The van der Waals surface area contributed by atoms with E-state index in [1.165, 1.54) is 19.2 Å². The first kappa shape index (κ1) is 13.1. The number of ether oxygens (including phenoxy) is 2. The molecule has 0 aromatic heterocycles. The lowest BCUT2D eigenvalue weighted by atomic mass is 10.2. The summed E-state index contributed by atoms with van der Waals surface area (Å²) in [6.07, 6.45) is -0.402. The number of carbonyl (C=O) groups excluding carboxylic acids is 1. The van der Waals surface area contributed by atoms with Crippen molar-refractivity contribution in [1.82, 2.24) is 0 Å². The van der Waals surface area contributed by atoms with Crippen molar-refractivity contribution in [1.29, 1.82) is 0 Å². The second-order valence-corrected chi connectivity index (χ2v) is 4.21. The molecule has 0 aliphatic carbocycles. The van der Waals surface area contributed by atoms with Gasteiger partial charge in [-0.25, -0.2) is 9.18 Å². The molecule has 0 amide bonds. The first-order valence-corrected chi connectivity index (χ1v) is 5.49. The number of benzene rings is 1. The van der Waals surface area contributed by atoms with Crippen LogP contribution in [0.5, 0.6) is 0 Å². The molecule has 0 heterocycles. The van der Waals surface area contributed by atoms with Gasteiger partial charge in [-0.1, -0.05) is 15.9 Å². The van der Waals surface area contributed by atoms with Crippen LogP contribution in [0.4, 0.5) is 4.39 Å². The Morgan fingerprint density at radius 3 is 2.81 bits per heavy atom. The van der Waals surface area contributed by atoms with E-state index < -0.39 is 17.9 Å². The van der Waals surface area contributed by atoms with Gasteiger partial charge in [-0.15, -0.1) is 0 Å². The van der Waals surface area contributed by atoms with Crippen molar-refractivity contribution in [3.63, 3.8) is 0 Å². The molecule has 0 unspecified atom stereocenters. The summed E-state index contributed by atoms with van der Waals surface area (Å²) in [5.74, 6) is -1.29. The third kappa shape index (κ3) is 3.57. The number of methoxy groups -OCH3 is 1. The van der Waals surface area contributed by atoms with E-state index in [1.54, 1.807) is 13.0 Å². The maximum atomic E-state index is 13.4. The number of carbonyl (C=O) groups is 1. The Morgan fingerprint density at radius 2 is 2.25 bits per heavy atom. The summed E-state index contributed by atoms with van der Waals surface area (Å²) in [6, 6.07) is 4.18. The van der Waals surface area contributed by atoms with Crippen LogP contribution in [-0.2, 0) is 9.47 Å². The van der Waals surface area contributed by atoms with Crippen LogP contribution in [0, 0.1) is 5.82 Å². The summed E-state index contributed by atoms with van der Waals surface area (Å²) < 4.78 is 23.7. The molecule has 0 radical (unpaired) electrons. The molecule has 5 heteroatoms. The van der Waals surface area contributed by atoms with E-state index in [9.17, 15) is 9.18 Å². The Kier molecular flexibility index (Phi) is 4.89. The molecule has 0 saturated heterocycles. The van der Waals surface area contributed by atoms with Gasteiger partial charge in [0.1, 0.15) is 11.9 Å². The molecular weight excluding hydrogens is 279 g/mol. The third-order valence-electron chi connectivity index (χ3n) is 1.86. The number of esters is 1. The summed E-state index contributed by atoms with van der Waals surface area (Å²) in [6.45, 7) is 1.96. The Balaban J connectivity index is 2.73. The second kappa shape index (κ2) is 5.96. The monoisotopic (exact) mass is 290 g/mol. The van der Waals surface area contributed by atoms with Crippen molar-refractivity contribution in [2.75, 3.05) is 13.7 Å². The van der Waals surface area contributed by atoms with Crippen molar-refractivity contribution < 1.29 is 18.7 Å². The van der Waals surface area contributed by atoms with Gasteiger partial charge < -0.3 is 9.47 Å². The fourth-order valence-corrected chi connectivity index (χ4v) is 1.50. The Morgan fingerprint density at radius 1 is 1.56 bits per heavy atom. The van der Waals surface area contributed by atoms with E-state index in [0.29, 0.717) is 4.47 Å². The molecule has 1 aromatic rings. The Bertz CT molecular complexity index is 381. The van der Waals surface area contributed by atoms with Crippen LogP contribution in [0.25, 0.3) is 0 Å². The summed E-state index contributed by atoms with van der Waals surface area (Å²) in [4.78, 5) is 11.5. The fraction of sp³-hybridized carbons (Fsp3) is 0.364. The van der Waals surface area contributed by atoms with E-state index >= 15 is 0 Å². The topological polar surface area (TPSA) is 35.5 Å². The smallest absolute Gasteiger partial charge is 0.341 e. The molecule has 1 rings (SSSR count). The Hall–Kier alpha value is -0.940. The molecule has 0 spiro atoms. The molecule has 0 fully saturated rings. The maximum absolute atomic E-state index is 13.4. The fourth-order valence-electron chi connectivity index (χ4n) is 1.17. The van der Waals surface area contributed by atoms with Gasteiger partial charge in [-0.2, -0.15) is 0 Å². The SMILES string of the molecule is COC[C@H](C)OC(=O)c1ccc(Br)cc1F. The number of rotatable bonds is 4. The number of halogens is 2. The van der Waals surface area contributed by atoms with Crippen LogP contribution in [0.1, 0.15) is 17.3 Å². The molecule has 0 N–H and O–H groups in total. The van der Waals surface area contributed by atoms with Gasteiger partial charge in [0.2, 0.25) is 0 Å². The molecular formula is C11H12BrFO3. The summed E-state index contributed by atoms with van der Waals surface area (Å²) in [7, 11) is 1.50. The molecule has 16 heavy (non-hydrogen) atoms. The number of hydrogen-bond acceptors (Lipinski definition) is 3. The standard InChI is InChI=1S/C11H12BrFO3/c1-7(6-15-2)16-11(14)9-4-3-8(12)5-10(9)13/h3-5,7H,6H2,1-2H3/t7-/m0/s1. The minimum Gasteiger partial charge on any atom is -0.457 e. The van der Waals surface area contributed by atoms with Gasteiger partial charge in [0.25, 0.3) is 0 Å². The largest absolute Gasteiger partial charge is 0.457 e. The van der Waals surface area contributed by atoms with Gasteiger partial charge in [-0.05, 0) is 25.1 Å². The summed E-state index contributed by atoms with van der Waals surface area (Å²) in [5.41, 5.74) is -0.0776. The van der Waals surface area contributed by atoms with E-state index in [2.05, 4.69) is 15.9 Å². The van der Waals surface area contributed by atoms with Gasteiger partial charge in [0, 0.05) is 11.6 Å². The second-order valence-electron chi connectivity index (χ2n) is 3.30. The molecule has 0 saturated carbocycles. The summed E-state index contributed by atoms with van der Waals surface area (Å²) in [5, 5.41) is 0. The van der Waals surface area contributed by atoms with Gasteiger partial charge in [0.15, 0.2) is 0 Å². The predicted molar refractivity (Wildman–Crippen MR) is 60.9 cm³/mol. The van der Waals surface area contributed by atoms with Crippen LogP contribution >= 0.6 is 15.9 Å². The van der Waals surface area contributed by atoms with Crippen molar-refractivity contribution in [2.45, 2.75) is 13.0 Å². The minimum absolute atomic E-state index is 0.0776. The van der Waals surface area contributed by atoms with Crippen LogP contribution in [0.3, 0.4) is 0 Å². The van der Waals surface area contributed by atoms with E-state index in [1.807, 2.05) is 0 Å². The van der Waals surface area contributed by atoms with Crippen molar-refractivity contribution >= 4 is 21.9 Å². The highest BCUT2D eigenvalue weighted by atomic mass is 79.9. The molecule has 0 aliphatic rings. The van der Waals surface area contributed by atoms with Gasteiger partial charge in [-0.3, -0.25) is 0 Å². The van der Waals surface area contributed by atoms with Crippen molar-refractivity contribution in [3.05, 3.63) is 34.1 Å². The number of hydrogen-bond donors (Lipinski definition) is 0. The van der Waals surface area contributed by atoms with E-state index in [4.69, 9.17) is 9.47 Å². The minimum atomic E-state index is -0.686. The highest BCUT2D eigenvalue weighted by molar-refractivity contribution is 9.10. The van der Waals surface area contributed by atoms with E-state index in [0.717, 1.165) is 0 Å². The van der Waals surface area contributed by atoms with Crippen molar-refractivity contribution in [3.8, 4) is 0 Å². The highest BCUT2D eigenvalue weighted by Crippen LogP contribution is 2.16. The average molecular weight is 291 g/mol. The molecule has 88 valence electrons. The van der Waals surface area contributed by atoms with Gasteiger partial charge in [0.05, 0.1) is 12.2 Å². The zero-order valence-electron chi connectivity index (χ0n) is 9.00. The Labute approximate surface area is 102 Å². The summed E-state index contributed by atoms with van der Waals surface area (Å²) >= 11 is 3.11. The van der Waals surface area contributed by atoms with E-state index in [-0.39, 0.29) is 12.2 Å².